The lowest BCUT2D eigenvalue weighted by Gasteiger charge is -2.13. The summed E-state index contributed by atoms with van der Waals surface area (Å²) in [6.45, 7) is 2.26. The van der Waals surface area contributed by atoms with Crippen LogP contribution < -0.4 is 10.2 Å². The summed E-state index contributed by atoms with van der Waals surface area (Å²) in [5, 5.41) is 6.99. The first kappa shape index (κ1) is 14.4. The molecule has 9 heteroatoms. The number of nitrogens with one attached hydrogen (secondary N) is 1. The number of nitrogens with zero attached hydrogens (tertiary/aromatic N) is 4. The molecule has 1 N–H and O–H groups in total. The summed E-state index contributed by atoms with van der Waals surface area (Å²) in [6.07, 6.45) is 0. The Bertz CT molecular complexity index is 582. The Balaban J connectivity index is 1.89. The van der Waals surface area contributed by atoms with Crippen LogP contribution in [-0.2, 0) is 16.1 Å². The van der Waals surface area contributed by atoms with Crippen LogP contribution in [0, 0.1) is 6.92 Å². The third kappa shape index (κ3) is 3.75. The van der Waals surface area contributed by atoms with Crippen LogP contribution in [0.25, 0.3) is 0 Å². The molecule has 108 valence electrons. The first-order chi connectivity index (χ1) is 9.58. The highest BCUT2D eigenvalue weighted by atomic mass is 32.1. The zero-order valence-corrected chi connectivity index (χ0v) is 12.2. The highest BCUT2D eigenvalue weighted by molar-refractivity contribution is 7.09. The Hall–Kier alpha value is -2.00. The minimum Gasteiger partial charge on any atom is -0.377 e. The maximum Gasteiger partial charge on any atom is 0.245 e. The molecule has 2 heterocycles. The van der Waals surface area contributed by atoms with Crippen molar-refractivity contribution in [1.82, 2.24) is 14.5 Å². The number of aryl methyl sites for hydroxylation is 1. The van der Waals surface area contributed by atoms with Crippen molar-refractivity contribution in [3.05, 3.63) is 17.7 Å². The topological polar surface area (TPSA) is 93.4 Å². The predicted molar refractivity (Wildman–Crippen MR) is 73.8 cm³/mol. The second-order valence-electron chi connectivity index (χ2n) is 4.15. The smallest absolute Gasteiger partial charge is 0.245 e. The summed E-state index contributed by atoms with van der Waals surface area (Å²) in [5.41, 5.74) is 0. The van der Waals surface area contributed by atoms with E-state index in [4.69, 9.17) is 9.26 Å². The van der Waals surface area contributed by atoms with Crippen LogP contribution >= 0.6 is 11.5 Å². The number of hydrogen-bond donors (Lipinski definition) is 1. The molecule has 2 rings (SSSR count). The molecule has 0 saturated carbocycles. The lowest BCUT2D eigenvalue weighted by molar-refractivity contribution is -0.115. The standard InChI is InChI=1S/C11H15N5O3S/c1-7-4-8(14-19-7)12-10(17)5-16(2)11-13-9(6-18-3)15-20-11/h4H,5-6H2,1-3H3,(H,12,14,17). The maximum atomic E-state index is 11.8. The van der Waals surface area contributed by atoms with Gasteiger partial charge in [0, 0.05) is 31.8 Å². The average Bonchev–Trinajstić information content (AvgIpc) is 2.99. The Morgan fingerprint density at radius 2 is 2.40 bits per heavy atom. The molecule has 0 aliphatic heterocycles. The normalized spacial score (nSPS) is 10.6. The number of carbonyl (C=O) groups excluding carboxylic acids is 1. The Kier molecular flexibility index (Phi) is 4.64. The van der Waals surface area contributed by atoms with Gasteiger partial charge in [-0.1, -0.05) is 5.16 Å². The van der Waals surface area contributed by atoms with Gasteiger partial charge < -0.3 is 19.5 Å². The van der Waals surface area contributed by atoms with Crippen molar-refractivity contribution in [2.75, 3.05) is 30.9 Å². The van der Waals surface area contributed by atoms with Crippen molar-refractivity contribution < 1.29 is 14.1 Å². The zero-order chi connectivity index (χ0) is 14.5. The van der Waals surface area contributed by atoms with Crippen LogP contribution in [0.2, 0.25) is 0 Å². The molecule has 0 radical (unpaired) electrons. The number of anilines is 2. The van der Waals surface area contributed by atoms with Gasteiger partial charge in [0.2, 0.25) is 11.0 Å². The number of hydrogen-bond acceptors (Lipinski definition) is 8. The van der Waals surface area contributed by atoms with Gasteiger partial charge in [-0.2, -0.15) is 4.37 Å². The lowest BCUT2D eigenvalue weighted by atomic mass is 10.4. The van der Waals surface area contributed by atoms with Gasteiger partial charge in [-0.15, -0.1) is 0 Å². The van der Waals surface area contributed by atoms with E-state index in [1.807, 2.05) is 0 Å². The minimum absolute atomic E-state index is 0.146. The Labute approximate surface area is 119 Å². The quantitative estimate of drug-likeness (QED) is 0.851. The fourth-order valence-electron chi connectivity index (χ4n) is 1.48. The van der Waals surface area contributed by atoms with Crippen LogP contribution in [0.5, 0.6) is 0 Å². The fourth-order valence-corrected chi connectivity index (χ4v) is 2.11. The lowest BCUT2D eigenvalue weighted by Crippen LogP contribution is -2.30. The molecule has 0 aliphatic carbocycles. The average molecular weight is 297 g/mol. The van der Waals surface area contributed by atoms with Gasteiger partial charge in [-0.25, -0.2) is 4.98 Å². The molecule has 0 fully saturated rings. The molecule has 20 heavy (non-hydrogen) atoms. The zero-order valence-electron chi connectivity index (χ0n) is 11.4. The molecule has 2 aromatic rings. The monoisotopic (exact) mass is 297 g/mol. The van der Waals surface area contributed by atoms with E-state index in [1.54, 1.807) is 32.0 Å². The fraction of sp³-hybridized carbons (Fsp3) is 0.455. The highest BCUT2D eigenvalue weighted by Gasteiger charge is 2.13. The van der Waals surface area contributed by atoms with Crippen LogP contribution in [0.4, 0.5) is 10.9 Å². The number of methoxy groups -OCH3 is 1. The number of aromatic nitrogens is 3. The number of carbonyl (C=O) groups is 1. The molecule has 0 unspecified atom stereocenters. The molecule has 8 nitrogen and oxygen atoms in total. The summed E-state index contributed by atoms with van der Waals surface area (Å²) in [6, 6.07) is 1.65. The second kappa shape index (κ2) is 6.44. The molecule has 2 aromatic heterocycles. The Morgan fingerprint density at radius 1 is 1.60 bits per heavy atom. The van der Waals surface area contributed by atoms with Crippen molar-refractivity contribution in [1.29, 1.82) is 0 Å². The van der Waals surface area contributed by atoms with E-state index in [1.165, 1.54) is 11.5 Å². The molecule has 0 bridgehead atoms. The minimum atomic E-state index is -0.204. The van der Waals surface area contributed by atoms with E-state index in [-0.39, 0.29) is 12.5 Å². The van der Waals surface area contributed by atoms with Gasteiger partial charge in [0.1, 0.15) is 12.4 Å². The van der Waals surface area contributed by atoms with Crippen LogP contribution in [0.15, 0.2) is 10.6 Å². The summed E-state index contributed by atoms with van der Waals surface area (Å²) in [4.78, 5) is 17.8. The maximum absolute atomic E-state index is 11.8. The van der Waals surface area contributed by atoms with Crippen molar-refractivity contribution in [2.45, 2.75) is 13.5 Å². The second-order valence-corrected chi connectivity index (χ2v) is 4.88. The Morgan fingerprint density at radius 3 is 3.05 bits per heavy atom. The summed E-state index contributed by atoms with van der Waals surface area (Å²) >= 11 is 1.22. The highest BCUT2D eigenvalue weighted by Crippen LogP contribution is 2.16. The van der Waals surface area contributed by atoms with E-state index in [9.17, 15) is 4.79 Å². The van der Waals surface area contributed by atoms with Gasteiger partial charge >= 0.3 is 0 Å². The number of likely N-dealkylation sites (N-methyl/N-ethyl adjacent to an activating group) is 1. The van der Waals surface area contributed by atoms with Crippen molar-refractivity contribution in [3.63, 3.8) is 0 Å². The SMILES string of the molecule is COCc1nsc(N(C)CC(=O)Nc2cc(C)on2)n1. The van der Waals surface area contributed by atoms with E-state index in [2.05, 4.69) is 19.8 Å². The van der Waals surface area contributed by atoms with Gasteiger partial charge in [0.25, 0.3) is 0 Å². The first-order valence-corrected chi connectivity index (χ1v) is 6.61. The molecule has 0 spiro atoms. The molecule has 0 saturated heterocycles. The summed E-state index contributed by atoms with van der Waals surface area (Å²) < 4.78 is 13.9. The molecular weight excluding hydrogens is 282 g/mol. The van der Waals surface area contributed by atoms with Crippen molar-refractivity contribution in [3.8, 4) is 0 Å². The van der Waals surface area contributed by atoms with E-state index in [0.29, 0.717) is 29.1 Å². The molecular formula is C11H15N5O3S. The number of amides is 1. The summed E-state index contributed by atoms with van der Waals surface area (Å²) in [5.74, 6) is 1.44. The molecule has 0 atom stereocenters. The largest absolute Gasteiger partial charge is 0.377 e. The van der Waals surface area contributed by atoms with Crippen LogP contribution in [-0.4, -0.2) is 41.1 Å². The first-order valence-electron chi connectivity index (χ1n) is 5.84. The molecule has 1 amide bonds. The van der Waals surface area contributed by atoms with Crippen LogP contribution in [0.1, 0.15) is 11.6 Å². The van der Waals surface area contributed by atoms with Gasteiger partial charge in [-0.05, 0) is 6.92 Å². The predicted octanol–water partition coefficient (Wildman–Crippen LogP) is 1.06. The molecule has 0 aliphatic rings. The van der Waals surface area contributed by atoms with E-state index < -0.39 is 0 Å². The third-order valence-electron chi connectivity index (χ3n) is 2.33. The van der Waals surface area contributed by atoms with Gasteiger partial charge in [-0.3, -0.25) is 4.79 Å². The number of rotatable bonds is 6. The molecule has 0 aromatic carbocycles. The number of ether oxygens (including phenoxy) is 1. The van der Waals surface area contributed by atoms with Gasteiger partial charge in [0.15, 0.2) is 11.6 Å². The third-order valence-corrected chi connectivity index (χ3v) is 3.20. The van der Waals surface area contributed by atoms with Gasteiger partial charge in [0.05, 0.1) is 6.54 Å². The van der Waals surface area contributed by atoms with E-state index >= 15 is 0 Å². The van der Waals surface area contributed by atoms with E-state index in [0.717, 1.165) is 0 Å². The summed E-state index contributed by atoms with van der Waals surface area (Å²) in [7, 11) is 3.35. The van der Waals surface area contributed by atoms with Crippen molar-refractivity contribution >= 4 is 28.4 Å². The van der Waals surface area contributed by atoms with Crippen LogP contribution in [0.3, 0.4) is 0 Å². The van der Waals surface area contributed by atoms with Crippen molar-refractivity contribution in [2.24, 2.45) is 0 Å².